The summed E-state index contributed by atoms with van der Waals surface area (Å²) in [5.41, 5.74) is 0. The lowest BCUT2D eigenvalue weighted by molar-refractivity contribution is -0.509. The normalized spacial score (nSPS) is 17.9. The molecular formula is C5H10ClN2+. The molecule has 0 atom stereocenters. The van der Waals surface area contributed by atoms with Crippen LogP contribution in [0.3, 0.4) is 0 Å². The van der Waals surface area contributed by atoms with Gasteiger partial charge in [0.25, 0.3) is 0 Å². The Labute approximate surface area is 54.2 Å². The SMILES string of the molecule is ClCC[N+]1=CNCC1. The average molecular weight is 134 g/mol. The fraction of sp³-hybridized carbons (Fsp3) is 0.800. The Balaban J connectivity index is 2.23. The molecule has 0 unspecified atom stereocenters. The number of hydrogen-bond acceptors (Lipinski definition) is 1. The lowest BCUT2D eigenvalue weighted by atomic mass is 10.6. The summed E-state index contributed by atoms with van der Waals surface area (Å²) in [6.45, 7) is 3.14. The molecule has 1 N–H and O–H groups in total. The Bertz CT molecular complexity index is 101. The number of nitrogens with one attached hydrogen (secondary N) is 1. The predicted octanol–water partition coefficient (Wildman–Crippen LogP) is -0.131. The van der Waals surface area contributed by atoms with Gasteiger partial charge in [-0.05, 0) is 0 Å². The number of rotatable bonds is 2. The van der Waals surface area contributed by atoms with Crippen LogP contribution >= 0.6 is 11.6 Å². The van der Waals surface area contributed by atoms with E-state index >= 15 is 0 Å². The molecule has 1 rings (SSSR count). The zero-order valence-electron chi connectivity index (χ0n) is 4.73. The second kappa shape index (κ2) is 2.92. The minimum atomic E-state index is 0.720. The van der Waals surface area contributed by atoms with Crippen molar-refractivity contribution in [2.75, 3.05) is 25.5 Å². The van der Waals surface area contributed by atoms with E-state index in [1.165, 1.54) is 0 Å². The van der Waals surface area contributed by atoms with E-state index in [0.717, 1.165) is 25.5 Å². The van der Waals surface area contributed by atoms with E-state index in [2.05, 4.69) is 9.89 Å². The summed E-state index contributed by atoms with van der Waals surface area (Å²) in [5, 5.41) is 3.10. The minimum Gasteiger partial charge on any atom is -0.277 e. The summed E-state index contributed by atoms with van der Waals surface area (Å²) < 4.78 is 2.17. The third-order valence-corrected chi connectivity index (χ3v) is 1.36. The van der Waals surface area contributed by atoms with Gasteiger partial charge in [-0.1, -0.05) is 0 Å². The average Bonchev–Trinajstić information content (AvgIpc) is 2.19. The Morgan fingerprint density at radius 1 is 1.75 bits per heavy atom. The Hall–Kier alpha value is -0.240. The van der Waals surface area contributed by atoms with E-state index in [9.17, 15) is 0 Å². The van der Waals surface area contributed by atoms with Gasteiger partial charge in [-0.2, -0.15) is 0 Å². The van der Waals surface area contributed by atoms with Crippen LogP contribution in [-0.4, -0.2) is 36.4 Å². The van der Waals surface area contributed by atoms with Gasteiger partial charge in [0, 0.05) is 0 Å². The first-order chi connectivity index (χ1) is 3.93. The van der Waals surface area contributed by atoms with Crippen molar-refractivity contribution < 1.29 is 4.58 Å². The maximum atomic E-state index is 5.49. The molecule has 0 fully saturated rings. The summed E-state index contributed by atoms with van der Waals surface area (Å²) in [5.74, 6) is 0.720. The predicted molar refractivity (Wildman–Crippen MR) is 34.8 cm³/mol. The van der Waals surface area contributed by atoms with E-state index in [1.807, 2.05) is 6.34 Å². The molecule has 0 aromatic carbocycles. The number of hydrogen-bond donors (Lipinski definition) is 1. The maximum Gasteiger partial charge on any atom is 0.232 e. The molecule has 2 nitrogen and oxygen atoms in total. The summed E-state index contributed by atoms with van der Waals surface area (Å²) in [4.78, 5) is 0. The molecule has 8 heavy (non-hydrogen) atoms. The van der Waals surface area contributed by atoms with Gasteiger partial charge in [0.1, 0.15) is 13.1 Å². The maximum absolute atomic E-state index is 5.49. The molecular weight excluding hydrogens is 124 g/mol. The van der Waals surface area contributed by atoms with Crippen molar-refractivity contribution in [2.45, 2.75) is 0 Å². The van der Waals surface area contributed by atoms with Crippen molar-refractivity contribution in [3.8, 4) is 0 Å². The van der Waals surface area contributed by atoms with E-state index in [1.54, 1.807) is 0 Å². The highest BCUT2D eigenvalue weighted by Crippen LogP contribution is 1.81. The molecule has 1 heterocycles. The van der Waals surface area contributed by atoms with Crippen LogP contribution in [0.15, 0.2) is 0 Å². The highest BCUT2D eigenvalue weighted by atomic mass is 35.5. The zero-order chi connectivity index (χ0) is 5.82. The highest BCUT2D eigenvalue weighted by Gasteiger charge is 2.05. The van der Waals surface area contributed by atoms with Crippen LogP contribution in [-0.2, 0) is 0 Å². The van der Waals surface area contributed by atoms with Crippen LogP contribution in [0.25, 0.3) is 0 Å². The van der Waals surface area contributed by atoms with Gasteiger partial charge in [-0.25, -0.2) is 0 Å². The van der Waals surface area contributed by atoms with E-state index in [0.29, 0.717) is 0 Å². The fourth-order valence-electron chi connectivity index (χ4n) is 0.751. The first-order valence-electron chi connectivity index (χ1n) is 2.80. The molecule has 0 spiro atoms. The van der Waals surface area contributed by atoms with Crippen LogP contribution in [0.4, 0.5) is 0 Å². The smallest absolute Gasteiger partial charge is 0.232 e. The van der Waals surface area contributed by atoms with Crippen molar-refractivity contribution >= 4 is 17.9 Å². The molecule has 0 amide bonds. The Kier molecular flexibility index (Phi) is 2.15. The first kappa shape index (κ1) is 5.89. The van der Waals surface area contributed by atoms with Gasteiger partial charge in [0.15, 0.2) is 0 Å². The second-order valence-electron chi connectivity index (χ2n) is 1.81. The lowest BCUT2D eigenvalue weighted by Crippen LogP contribution is -2.12. The standard InChI is InChI=1S/C5H9ClN2/c6-1-3-8-4-2-7-5-8/h5H,1-4H2/p+1. The van der Waals surface area contributed by atoms with Gasteiger partial charge in [0.2, 0.25) is 6.34 Å². The fourth-order valence-corrected chi connectivity index (χ4v) is 0.968. The van der Waals surface area contributed by atoms with E-state index in [-0.39, 0.29) is 0 Å². The lowest BCUT2D eigenvalue weighted by Gasteiger charge is -1.91. The van der Waals surface area contributed by atoms with Crippen LogP contribution in [0, 0.1) is 0 Å². The summed E-state index contributed by atoms with van der Waals surface area (Å²) in [6, 6.07) is 0. The van der Waals surface area contributed by atoms with Crippen molar-refractivity contribution in [3.05, 3.63) is 0 Å². The van der Waals surface area contributed by atoms with Gasteiger partial charge < -0.3 is 0 Å². The monoisotopic (exact) mass is 133 g/mol. The molecule has 1 aliphatic rings. The molecule has 46 valence electrons. The summed E-state index contributed by atoms with van der Waals surface area (Å²) in [7, 11) is 0. The van der Waals surface area contributed by atoms with Gasteiger partial charge in [-0.3, -0.25) is 9.89 Å². The van der Waals surface area contributed by atoms with Crippen LogP contribution < -0.4 is 5.32 Å². The van der Waals surface area contributed by atoms with Gasteiger partial charge >= 0.3 is 0 Å². The number of halogens is 1. The molecule has 0 aliphatic carbocycles. The molecule has 0 saturated carbocycles. The topological polar surface area (TPSA) is 15.0 Å². The third kappa shape index (κ3) is 1.37. The zero-order valence-corrected chi connectivity index (χ0v) is 5.49. The number of nitrogens with zero attached hydrogens (tertiary/aromatic N) is 1. The highest BCUT2D eigenvalue weighted by molar-refractivity contribution is 6.17. The largest absolute Gasteiger partial charge is 0.277 e. The Morgan fingerprint density at radius 3 is 3.12 bits per heavy atom. The molecule has 1 aliphatic heterocycles. The van der Waals surface area contributed by atoms with Gasteiger partial charge in [-0.15, -0.1) is 11.6 Å². The Morgan fingerprint density at radius 2 is 2.62 bits per heavy atom. The van der Waals surface area contributed by atoms with Crippen LogP contribution in [0.2, 0.25) is 0 Å². The molecule has 0 saturated heterocycles. The van der Waals surface area contributed by atoms with Gasteiger partial charge in [0.05, 0.1) is 12.4 Å². The summed E-state index contributed by atoms with van der Waals surface area (Å²) >= 11 is 5.49. The molecule has 0 radical (unpaired) electrons. The second-order valence-corrected chi connectivity index (χ2v) is 2.19. The first-order valence-corrected chi connectivity index (χ1v) is 3.33. The quantitative estimate of drug-likeness (QED) is 0.410. The third-order valence-electron chi connectivity index (χ3n) is 1.19. The molecule has 0 bridgehead atoms. The molecule has 0 aromatic rings. The molecule has 3 heteroatoms. The van der Waals surface area contributed by atoms with E-state index < -0.39 is 0 Å². The van der Waals surface area contributed by atoms with E-state index in [4.69, 9.17) is 11.6 Å². The van der Waals surface area contributed by atoms with Crippen molar-refractivity contribution in [1.29, 1.82) is 0 Å². The van der Waals surface area contributed by atoms with Crippen molar-refractivity contribution in [3.63, 3.8) is 0 Å². The van der Waals surface area contributed by atoms with Crippen molar-refractivity contribution in [1.82, 2.24) is 5.32 Å². The van der Waals surface area contributed by atoms with Crippen molar-refractivity contribution in [2.24, 2.45) is 0 Å². The number of alkyl halides is 1. The van der Waals surface area contributed by atoms with Crippen LogP contribution in [0.1, 0.15) is 0 Å². The summed E-state index contributed by atoms with van der Waals surface area (Å²) in [6.07, 6.45) is 1.99. The molecule has 0 aromatic heterocycles. The minimum absolute atomic E-state index is 0.720. The van der Waals surface area contributed by atoms with Crippen LogP contribution in [0.5, 0.6) is 0 Å².